The van der Waals surface area contributed by atoms with E-state index in [2.05, 4.69) is 9.82 Å². The minimum atomic E-state index is -3.74. The molecule has 8 heteroatoms. The van der Waals surface area contributed by atoms with Crippen LogP contribution in [-0.4, -0.2) is 18.2 Å². The SMILES string of the molecule is Cc1sc(NS(=O)(=O)c2cnn(C(C)C)c2)c(C#N)c1C. The third-order valence-corrected chi connectivity index (χ3v) is 5.70. The Morgan fingerprint density at radius 2 is 2.10 bits per heavy atom. The molecule has 0 radical (unpaired) electrons. The lowest BCUT2D eigenvalue weighted by atomic mass is 10.2. The Morgan fingerprint density at radius 3 is 2.62 bits per heavy atom. The molecule has 0 aliphatic carbocycles. The van der Waals surface area contributed by atoms with Crippen molar-refractivity contribution in [1.29, 1.82) is 5.26 Å². The smallest absolute Gasteiger partial charge is 0.265 e. The van der Waals surface area contributed by atoms with E-state index in [4.69, 9.17) is 5.26 Å². The van der Waals surface area contributed by atoms with Crippen LogP contribution in [0.5, 0.6) is 0 Å². The highest BCUT2D eigenvalue weighted by molar-refractivity contribution is 7.93. The first-order valence-corrected chi connectivity index (χ1v) is 8.63. The molecule has 2 rings (SSSR count). The summed E-state index contributed by atoms with van der Waals surface area (Å²) >= 11 is 1.26. The fourth-order valence-corrected chi connectivity index (χ4v) is 4.01. The molecular weight excluding hydrogens is 308 g/mol. The van der Waals surface area contributed by atoms with Crippen molar-refractivity contribution in [2.75, 3.05) is 4.72 Å². The van der Waals surface area contributed by atoms with Gasteiger partial charge in [-0.2, -0.15) is 10.4 Å². The maximum Gasteiger partial charge on any atom is 0.265 e. The summed E-state index contributed by atoms with van der Waals surface area (Å²) in [5, 5.41) is 13.5. The van der Waals surface area contributed by atoms with Crippen molar-refractivity contribution in [3.05, 3.63) is 28.4 Å². The largest absolute Gasteiger partial charge is 0.269 e. The van der Waals surface area contributed by atoms with Gasteiger partial charge in [0, 0.05) is 17.1 Å². The number of hydrogen-bond acceptors (Lipinski definition) is 5. The standard InChI is InChI=1S/C13H16N4O2S2/c1-8(2)17-7-11(6-15-17)21(18,19)16-13-12(5-14)9(3)10(4)20-13/h6-8,16H,1-4H3. The zero-order valence-electron chi connectivity index (χ0n) is 12.2. The summed E-state index contributed by atoms with van der Waals surface area (Å²) < 4.78 is 28.8. The van der Waals surface area contributed by atoms with E-state index in [1.54, 1.807) is 11.6 Å². The summed E-state index contributed by atoms with van der Waals surface area (Å²) in [6.45, 7) is 7.49. The van der Waals surface area contributed by atoms with E-state index in [0.717, 1.165) is 10.4 Å². The number of nitrogens with zero attached hydrogens (tertiary/aromatic N) is 3. The maximum absolute atomic E-state index is 12.4. The lowest BCUT2D eigenvalue weighted by Gasteiger charge is -2.05. The number of rotatable bonds is 4. The molecule has 0 atom stereocenters. The van der Waals surface area contributed by atoms with Gasteiger partial charge in [0.15, 0.2) is 0 Å². The topological polar surface area (TPSA) is 87.8 Å². The Labute approximate surface area is 128 Å². The van der Waals surface area contributed by atoms with Gasteiger partial charge < -0.3 is 0 Å². The normalized spacial score (nSPS) is 11.6. The molecule has 21 heavy (non-hydrogen) atoms. The molecule has 6 nitrogen and oxygen atoms in total. The van der Waals surface area contributed by atoms with Gasteiger partial charge >= 0.3 is 0 Å². The van der Waals surface area contributed by atoms with Crippen molar-refractivity contribution in [2.45, 2.75) is 38.6 Å². The van der Waals surface area contributed by atoms with Crippen LogP contribution in [-0.2, 0) is 10.0 Å². The van der Waals surface area contributed by atoms with E-state index in [0.29, 0.717) is 10.6 Å². The molecule has 0 bridgehead atoms. The van der Waals surface area contributed by atoms with Gasteiger partial charge in [0.05, 0.1) is 11.8 Å². The molecule has 0 fully saturated rings. The van der Waals surface area contributed by atoms with E-state index >= 15 is 0 Å². The van der Waals surface area contributed by atoms with Crippen molar-refractivity contribution in [1.82, 2.24) is 9.78 Å². The summed E-state index contributed by atoms with van der Waals surface area (Å²) in [6.07, 6.45) is 2.79. The molecule has 0 aliphatic heterocycles. The molecule has 0 spiro atoms. The van der Waals surface area contributed by atoms with Crippen LogP contribution in [0, 0.1) is 25.2 Å². The minimum Gasteiger partial charge on any atom is -0.269 e. The first-order valence-electron chi connectivity index (χ1n) is 6.33. The van der Waals surface area contributed by atoms with Crippen LogP contribution in [0.3, 0.4) is 0 Å². The number of nitrogens with one attached hydrogen (secondary N) is 1. The van der Waals surface area contributed by atoms with Gasteiger partial charge in [-0.25, -0.2) is 8.42 Å². The maximum atomic E-state index is 12.4. The number of sulfonamides is 1. The highest BCUT2D eigenvalue weighted by atomic mass is 32.2. The van der Waals surface area contributed by atoms with Crippen molar-refractivity contribution in [3.8, 4) is 6.07 Å². The Bertz CT molecular complexity index is 810. The molecule has 0 aliphatic rings. The molecule has 0 aromatic carbocycles. The number of hydrogen-bond donors (Lipinski definition) is 1. The average molecular weight is 324 g/mol. The molecule has 0 unspecified atom stereocenters. The predicted molar refractivity (Wildman–Crippen MR) is 81.9 cm³/mol. The van der Waals surface area contributed by atoms with Gasteiger partial charge in [-0.15, -0.1) is 11.3 Å². The number of nitriles is 1. The lowest BCUT2D eigenvalue weighted by Crippen LogP contribution is -2.12. The number of aromatic nitrogens is 2. The molecule has 112 valence electrons. The molecule has 0 amide bonds. The number of aryl methyl sites for hydroxylation is 1. The summed E-state index contributed by atoms with van der Waals surface area (Å²) in [4.78, 5) is 1.01. The second kappa shape index (κ2) is 5.50. The average Bonchev–Trinajstić information content (AvgIpc) is 2.97. The van der Waals surface area contributed by atoms with Gasteiger partial charge in [-0.3, -0.25) is 9.40 Å². The lowest BCUT2D eigenvalue weighted by molar-refractivity contribution is 0.531. The zero-order chi connectivity index (χ0) is 15.8. The summed E-state index contributed by atoms with van der Waals surface area (Å²) in [5.74, 6) is 0. The van der Waals surface area contributed by atoms with E-state index in [1.807, 2.05) is 26.8 Å². The van der Waals surface area contributed by atoms with Crippen LogP contribution in [0.25, 0.3) is 0 Å². The van der Waals surface area contributed by atoms with Gasteiger partial charge in [-0.05, 0) is 33.3 Å². The van der Waals surface area contributed by atoms with Crippen LogP contribution in [0.2, 0.25) is 0 Å². The van der Waals surface area contributed by atoms with Crippen molar-refractivity contribution in [3.63, 3.8) is 0 Å². The van der Waals surface area contributed by atoms with E-state index in [1.165, 1.54) is 23.7 Å². The van der Waals surface area contributed by atoms with Gasteiger partial charge in [0.1, 0.15) is 16.0 Å². The van der Waals surface area contributed by atoms with Crippen LogP contribution >= 0.6 is 11.3 Å². The Hall–Kier alpha value is -1.85. The summed E-state index contributed by atoms with van der Waals surface area (Å²) in [6, 6.07) is 2.12. The predicted octanol–water partition coefficient (Wildman–Crippen LogP) is 2.81. The van der Waals surface area contributed by atoms with E-state index in [9.17, 15) is 8.42 Å². The quantitative estimate of drug-likeness (QED) is 0.936. The molecule has 1 N–H and O–H groups in total. The Morgan fingerprint density at radius 1 is 1.43 bits per heavy atom. The summed E-state index contributed by atoms with van der Waals surface area (Å²) in [7, 11) is -3.74. The summed E-state index contributed by atoms with van der Waals surface area (Å²) in [5.41, 5.74) is 1.18. The second-order valence-corrected chi connectivity index (χ2v) is 7.86. The molecule has 2 aromatic heterocycles. The van der Waals surface area contributed by atoms with E-state index < -0.39 is 10.0 Å². The van der Waals surface area contributed by atoms with Crippen molar-refractivity contribution in [2.24, 2.45) is 0 Å². The van der Waals surface area contributed by atoms with Crippen LogP contribution in [0.4, 0.5) is 5.00 Å². The minimum absolute atomic E-state index is 0.0786. The molecule has 0 saturated heterocycles. The number of thiophene rings is 1. The van der Waals surface area contributed by atoms with Crippen molar-refractivity contribution < 1.29 is 8.42 Å². The molecule has 0 saturated carbocycles. The molecule has 2 heterocycles. The third kappa shape index (κ3) is 2.94. The first kappa shape index (κ1) is 15.5. The Balaban J connectivity index is 2.38. The van der Waals surface area contributed by atoms with Crippen molar-refractivity contribution >= 4 is 26.4 Å². The van der Waals surface area contributed by atoms with Gasteiger partial charge in [0.2, 0.25) is 0 Å². The van der Waals surface area contributed by atoms with E-state index in [-0.39, 0.29) is 10.9 Å². The highest BCUT2D eigenvalue weighted by Gasteiger charge is 2.21. The van der Waals surface area contributed by atoms with Crippen LogP contribution in [0.15, 0.2) is 17.3 Å². The van der Waals surface area contributed by atoms with Gasteiger partial charge in [0.25, 0.3) is 10.0 Å². The van der Waals surface area contributed by atoms with Crippen LogP contribution in [0.1, 0.15) is 35.9 Å². The highest BCUT2D eigenvalue weighted by Crippen LogP contribution is 2.33. The monoisotopic (exact) mass is 324 g/mol. The third-order valence-electron chi connectivity index (χ3n) is 3.14. The second-order valence-electron chi connectivity index (χ2n) is 4.95. The zero-order valence-corrected chi connectivity index (χ0v) is 13.8. The fourth-order valence-electron chi connectivity index (χ4n) is 1.76. The molecule has 2 aromatic rings. The number of anilines is 1. The Kier molecular flexibility index (Phi) is 4.07. The fraction of sp³-hybridized carbons (Fsp3) is 0.385. The molecular formula is C13H16N4O2S2. The van der Waals surface area contributed by atoms with Gasteiger partial charge in [-0.1, -0.05) is 0 Å². The first-order chi connectivity index (χ1) is 9.76. The van der Waals surface area contributed by atoms with Crippen LogP contribution < -0.4 is 4.72 Å².